The van der Waals surface area contributed by atoms with Crippen LogP contribution in [0.3, 0.4) is 0 Å². The molecule has 0 aromatic heterocycles. The molecule has 0 unspecified atom stereocenters. The summed E-state index contributed by atoms with van der Waals surface area (Å²) in [6, 6.07) is 19.9. The first-order valence-corrected chi connectivity index (χ1v) is 12.3. The number of benzene rings is 3. The standard InChI is InChI=1S/C25H19BrN2O4S2/c1-16-5-7-17(8-6-16)14-27-24(29)23(34-25(27)33)13-18-9-10-22(21(26)12-18)32-15-19-3-2-4-20(11-19)28(30)31/h2-13H,14-15H2,1H3. The Labute approximate surface area is 214 Å². The molecule has 4 rings (SSSR count). The Kier molecular flexibility index (Phi) is 7.45. The van der Waals surface area contributed by atoms with E-state index in [9.17, 15) is 14.9 Å². The molecule has 0 aliphatic carbocycles. The third-order valence-electron chi connectivity index (χ3n) is 5.10. The molecule has 0 atom stereocenters. The van der Waals surface area contributed by atoms with Crippen molar-refractivity contribution in [3.8, 4) is 5.75 Å². The Morgan fingerprint density at radius 2 is 1.88 bits per heavy atom. The molecule has 0 N–H and O–H groups in total. The predicted octanol–water partition coefficient (Wildman–Crippen LogP) is 6.65. The fourth-order valence-corrected chi connectivity index (χ4v) is 5.07. The highest BCUT2D eigenvalue weighted by atomic mass is 79.9. The van der Waals surface area contributed by atoms with E-state index >= 15 is 0 Å². The summed E-state index contributed by atoms with van der Waals surface area (Å²) in [7, 11) is 0. The van der Waals surface area contributed by atoms with E-state index in [4.69, 9.17) is 17.0 Å². The van der Waals surface area contributed by atoms with Gasteiger partial charge in [0, 0.05) is 12.1 Å². The minimum Gasteiger partial charge on any atom is -0.488 e. The SMILES string of the molecule is Cc1ccc(CN2C(=O)C(=Cc3ccc(OCc4cccc([N+](=O)[O-])c4)c(Br)c3)SC2=S)cc1. The quantitative estimate of drug-likeness (QED) is 0.141. The number of thiocarbonyl (C=S) groups is 1. The van der Waals surface area contributed by atoms with Crippen LogP contribution in [-0.4, -0.2) is 20.1 Å². The lowest BCUT2D eigenvalue weighted by molar-refractivity contribution is -0.384. The van der Waals surface area contributed by atoms with E-state index in [1.54, 1.807) is 23.1 Å². The Balaban J connectivity index is 1.44. The van der Waals surface area contributed by atoms with E-state index in [-0.39, 0.29) is 18.2 Å². The zero-order valence-electron chi connectivity index (χ0n) is 18.1. The van der Waals surface area contributed by atoms with Crippen molar-refractivity contribution < 1.29 is 14.5 Å². The molecule has 172 valence electrons. The number of rotatable bonds is 7. The van der Waals surface area contributed by atoms with Crippen LogP contribution in [0.4, 0.5) is 5.69 Å². The first kappa shape index (κ1) is 24.1. The first-order valence-electron chi connectivity index (χ1n) is 10.3. The highest BCUT2D eigenvalue weighted by molar-refractivity contribution is 9.10. The maximum absolute atomic E-state index is 12.9. The van der Waals surface area contributed by atoms with Crippen LogP contribution in [0.5, 0.6) is 5.75 Å². The zero-order valence-corrected chi connectivity index (χ0v) is 21.3. The molecule has 6 nitrogen and oxygen atoms in total. The normalized spacial score (nSPS) is 14.6. The number of hydrogen-bond donors (Lipinski definition) is 0. The number of nitro groups is 1. The summed E-state index contributed by atoms with van der Waals surface area (Å²) in [5.41, 5.74) is 3.73. The average Bonchev–Trinajstić information content (AvgIpc) is 3.07. The molecule has 1 amide bonds. The molecule has 1 aliphatic rings. The van der Waals surface area contributed by atoms with Crippen molar-refractivity contribution in [1.29, 1.82) is 0 Å². The fraction of sp³-hybridized carbons (Fsp3) is 0.120. The van der Waals surface area contributed by atoms with Crippen LogP contribution in [0.1, 0.15) is 22.3 Å². The van der Waals surface area contributed by atoms with Crippen LogP contribution >= 0.6 is 39.9 Å². The zero-order chi connectivity index (χ0) is 24.2. The van der Waals surface area contributed by atoms with E-state index in [1.807, 2.05) is 49.4 Å². The molecule has 3 aromatic rings. The monoisotopic (exact) mass is 554 g/mol. The van der Waals surface area contributed by atoms with Crippen LogP contribution in [0.15, 0.2) is 76.1 Å². The highest BCUT2D eigenvalue weighted by Gasteiger charge is 2.32. The number of nitro benzene ring substituents is 1. The minimum absolute atomic E-state index is 0.0233. The van der Waals surface area contributed by atoms with Gasteiger partial charge < -0.3 is 4.74 Å². The molecular weight excluding hydrogens is 536 g/mol. The summed E-state index contributed by atoms with van der Waals surface area (Å²) >= 11 is 10.2. The Morgan fingerprint density at radius 3 is 2.59 bits per heavy atom. The lowest BCUT2D eigenvalue weighted by Crippen LogP contribution is -2.27. The molecule has 1 heterocycles. The van der Waals surface area contributed by atoms with Crippen molar-refractivity contribution in [2.75, 3.05) is 0 Å². The summed E-state index contributed by atoms with van der Waals surface area (Å²) in [6.07, 6.45) is 1.81. The summed E-state index contributed by atoms with van der Waals surface area (Å²) in [5, 5.41) is 10.9. The predicted molar refractivity (Wildman–Crippen MR) is 141 cm³/mol. The van der Waals surface area contributed by atoms with E-state index in [1.165, 1.54) is 23.9 Å². The average molecular weight is 555 g/mol. The van der Waals surface area contributed by atoms with Crippen LogP contribution < -0.4 is 4.74 Å². The number of thioether (sulfide) groups is 1. The van der Waals surface area contributed by atoms with Gasteiger partial charge in [0.2, 0.25) is 0 Å². The van der Waals surface area contributed by atoms with Gasteiger partial charge in [0.15, 0.2) is 0 Å². The molecule has 0 bridgehead atoms. The van der Waals surface area contributed by atoms with Crippen LogP contribution in [0.2, 0.25) is 0 Å². The third kappa shape index (κ3) is 5.72. The van der Waals surface area contributed by atoms with Crippen molar-refractivity contribution in [3.05, 3.63) is 108 Å². The summed E-state index contributed by atoms with van der Waals surface area (Å²) < 4.78 is 7.07. The molecule has 1 aliphatic heterocycles. The van der Waals surface area contributed by atoms with Gasteiger partial charge in [0.1, 0.15) is 16.7 Å². The second kappa shape index (κ2) is 10.5. The van der Waals surface area contributed by atoms with Crippen LogP contribution in [0.25, 0.3) is 6.08 Å². The van der Waals surface area contributed by atoms with E-state index < -0.39 is 4.92 Å². The second-order valence-electron chi connectivity index (χ2n) is 7.66. The van der Waals surface area contributed by atoms with Gasteiger partial charge in [-0.3, -0.25) is 19.8 Å². The molecule has 1 saturated heterocycles. The lowest BCUT2D eigenvalue weighted by Gasteiger charge is -2.14. The van der Waals surface area contributed by atoms with Crippen LogP contribution in [0, 0.1) is 17.0 Å². The molecule has 0 saturated carbocycles. The number of nitrogens with zero attached hydrogens (tertiary/aromatic N) is 2. The molecule has 1 fully saturated rings. The Hall–Kier alpha value is -3.01. The van der Waals surface area contributed by atoms with Crippen molar-refractivity contribution in [1.82, 2.24) is 4.90 Å². The minimum atomic E-state index is -0.433. The van der Waals surface area contributed by atoms with E-state index in [0.29, 0.717) is 31.6 Å². The van der Waals surface area contributed by atoms with Crippen molar-refractivity contribution in [2.24, 2.45) is 0 Å². The first-order chi connectivity index (χ1) is 16.3. The smallest absolute Gasteiger partial charge is 0.269 e. The maximum Gasteiger partial charge on any atom is 0.269 e. The van der Waals surface area contributed by atoms with Gasteiger partial charge in [0.25, 0.3) is 11.6 Å². The van der Waals surface area contributed by atoms with Gasteiger partial charge in [-0.05, 0) is 57.8 Å². The van der Waals surface area contributed by atoms with Crippen molar-refractivity contribution >= 4 is 61.9 Å². The number of carbonyl (C=O) groups excluding carboxylic acids is 1. The largest absolute Gasteiger partial charge is 0.488 e. The number of hydrogen-bond acceptors (Lipinski definition) is 6. The molecule has 9 heteroatoms. The van der Waals surface area contributed by atoms with Gasteiger partial charge in [0.05, 0.1) is 20.8 Å². The van der Waals surface area contributed by atoms with Gasteiger partial charge in [-0.1, -0.05) is 72.0 Å². The number of amides is 1. The lowest BCUT2D eigenvalue weighted by atomic mass is 10.1. The van der Waals surface area contributed by atoms with Crippen LogP contribution in [-0.2, 0) is 17.9 Å². The Morgan fingerprint density at radius 1 is 1.12 bits per heavy atom. The molecule has 0 spiro atoms. The van der Waals surface area contributed by atoms with Gasteiger partial charge >= 0.3 is 0 Å². The van der Waals surface area contributed by atoms with Crippen molar-refractivity contribution in [2.45, 2.75) is 20.1 Å². The van der Waals surface area contributed by atoms with Gasteiger partial charge in [-0.15, -0.1) is 0 Å². The molecule has 34 heavy (non-hydrogen) atoms. The number of halogens is 1. The fourth-order valence-electron chi connectivity index (χ4n) is 3.31. The highest BCUT2D eigenvalue weighted by Crippen LogP contribution is 2.35. The summed E-state index contributed by atoms with van der Waals surface area (Å²) in [6.45, 7) is 2.65. The summed E-state index contributed by atoms with van der Waals surface area (Å²) in [4.78, 5) is 25.6. The molecule has 0 radical (unpaired) electrons. The second-order valence-corrected chi connectivity index (χ2v) is 10.2. The number of carbonyl (C=O) groups is 1. The summed E-state index contributed by atoms with van der Waals surface area (Å²) in [5.74, 6) is 0.480. The van der Waals surface area contributed by atoms with E-state index in [0.717, 1.165) is 16.7 Å². The molecule has 3 aromatic carbocycles. The van der Waals surface area contributed by atoms with Gasteiger partial charge in [-0.2, -0.15) is 0 Å². The number of non-ortho nitro benzene ring substituents is 1. The number of aryl methyl sites for hydroxylation is 1. The number of ether oxygens (including phenoxy) is 1. The molecular formula is C25H19BrN2O4S2. The van der Waals surface area contributed by atoms with Gasteiger partial charge in [-0.25, -0.2) is 0 Å². The third-order valence-corrected chi connectivity index (χ3v) is 7.10. The van der Waals surface area contributed by atoms with Crippen molar-refractivity contribution in [3.63, 3.8) is 0 Å². The topological polar surface area (TPSA) is 72.7 Å². The Bertz CT molecular complexity index is 1310. The van der Waals surface area contributed by atoms with E-state index in [2.05, 4.69) is 15.9 Å². The maximum atomic E-state index is 12.9.